The second-order valence-corrected chi connectivity index (χ2v) is 4.81. The van der Waals surface area contributed by atoms with Gasteiger partial charge in [0.1, 0.15) is 17.4 Å². The number of para-hydroxylation sites is 1. The lowest BCUT2D eigenvalue weighted by atomic mass is 10.0. The molecule has 0 spiro atoms. The summed E-state index contributed by atoms with van der Waals surface area (Å²) >= 11 is 0. The number of hydrogen-bond donors (Lipinski definition) is 1. The summed E-state index contributed by atoms with van der Waals surface area (Å²) in [6, 6.07) is 8.87. The van der Waals surface area contributed by atoms with E-state index in [-0.39, 0.29) is 11.3 Å². The maximum atomic E-state index is 13.2. The Morgan fingerprint density at radius 3 is 2.29 bits per heavy atom. The zero-order valence-electron chi connectivity index (χ0n) is 11.7. The first-order valence-electron chi connectivity index (χ1n) is 6.41. The number of carbonyl (C=O) groups excluding carboxylic acids is 1. The average Bonchev–Trinajstić information content (AvgIpc) is 2.44. The van der Waals surface area contributed by atoms with E-state index in [4.69, 9.17) is 0 Å². The maximum absolute atomic E-state index is 13.2. The monoisotopic (exact) mass is 291 g/mol. The van der Waals surface area contributed by atoms with Crippen molar-refractivity contribution in [3.8, 4) is 5.75 Å². The minimum atomic E-state index is -0.804. The van der Waals surface area contributed by atoms with Gasteiger partial charge in [0.05, 0.1) is 6.04 Å². The Hall–Kier alpha value is -2.43. The number of carbonyl (C=O) groups is 1. The van der Waals surface area contributed by atoms with Crippen molar-refractivity contribution in [2.24, 2.45) is 0 Å². The molecule has 0 aliphatic heterocycles. The summed E-state index contributed by atoms with van der Waals surface area (Å²) in [5.41, 5.74) is 0.488. The first kappa shape index (κ1) is 15.0. The van der Waals surface area contributed by atoms with Crippen LogP contribution in [0.15, 0.2) is 42.5 Å². The number of benzene rings is 2. The van der Waals surface area contributed by atoms with Crippen molar-refractivity contribution in [1.82, 2.24) is 4.90 Å². The quantitative estimate of drug-likeness (QED) is 0.940. The normalized spacial score (nSPS) is 12.0. The van der Waals surface area contributed by atoms with Gasteiger partial charge in [0.15, 0.2) is 0 Å². The Bertz CT molecular complexity index is 653. The van der Waals surface area contributed by atoms with E-state index in [1.54, 1.807) is 25.1 Å². The molecule has 0 aliphatic carbocycles. The molecule has 1 amide bonds. The molecule has 0 fully saturated rings. The number of aromatic hydroxyl groups is 1. The van der Waals surface area contributed by atoms with E-state index in [2.05, 4.69) is 0 Å². The van der Waals surface area contributed by atoms with Gasteiger partial charge in [0.25, 0.3) is 5.91 Å². The van der Waals surface area contributed by atoms with Gasteiger partial charge in [-0.1, -0.05) is 18.2 Å². The smallest absolute Gasteiger partial charge is 0.254 e. The van der Waals surface area contributed by atoms with E-state index in [0.29, 0.717) is 11.6 Å². The zero-order chi connectivity index (χ0) is 15.6. The van der Waals surface area contributed by atoms with Gasteiger partial charge in [-0.3, -0.25) is 4.79 Å². The first-order chi connectivity index (χ1) is 9.90. The molecule has 0 heterocycles. The molecule has 0 saturated heterocycles. The third kappa shape index (κ3) is 3.18. The van der Waals surface area contributed by atoms with Gasteiger partial charge in [-0.15, -0.1) is 0 Å². The SMILES string of the molecule is CC(c1ccccc1O)N(C)C(=O)c1cc(F)cc(F)c1. The Kier molecular flexibility index (Phi) is 4.21. The molecule has 0 aliphatic rings. The minimum Gasteiger partial charge on any atom is -0.508 e. The number of phenols is 1. The predicted octanol–water partition coefficient (Wildman–Crippen LogP) is 3.50. The Morgan fingerprint density at radius 2 is 1.71 bits per heavy atom. The van der Waals surface area contributed by atoms with Crippen molar-refractivity contribution in [3.63, 3.8) is 0 Å². The summed E-state index contributed by atoms with van der Waals surface area (Å²) in [5.74, 6) is -2.07. The van der Waals surface area contributed by atoms with Gasteiger partial charge in [0, 0.05) is 24.2 Å². The lowest BCUT2D eigenvalue weighted by Crippen LogP contribution is -2.29. The van der Waals surface area contributed by atoms with Gasteiger partial charge >= 0.3 is 0 Å². The van der Waals surface area contributed by atoms with E-state index >= 15 is 0 Å². The van der Waals surface area contributed by atoms with Gasteiger partial charge in [-0.2, -0.15) is 0 Å². The molecule has 0 aromatic heterocycles. The molecule has 1 atom stereocenters. The van der Waals surface area contributed by atoms with E-state index in [1.807, 2.05) is 0 Å². The number of phenolic OH excluding ortho intramolecular Hbond substituents is 1. The molecule has 21 heavy (non-hydrogen) atoms. The van der Waals surface area contributed by atoms with E-state index in [1.165, 1.54) is 18.0 Å². The van der Waals surface area contributed by atoms with Crippen molar-refractivity contribution < 1.29 is 18.7 Å². The number of rotatable bonds is 3. The Balaban J connectivity index is 2.28. The highest BCUT2D eigenvalue weighted by molar-refractivity contribution is 5.94. The predicted molar refractivity (Wildman–Crippen MR) is 75.0 cm³/mol. The first-order valence-corrected chi connectivity index (χ1v) is 6.41. The van der Waals surface area contributed by atoms with Crippen LogP contribution in [0.4, 0.5) is 8.78 Å². The highest BCUT2D eigenvalue weighted by atomic mass is 19.1. The van der Waals surface area contributed by atoms with Crippen molar-refractivity contribution in [3.05, 3.63) is 65.2 Å². The van der Waals surface area contributed by atoms with Crippen LogP contribution in [0.3, 0.4) is 0 Å². The van der Waals surface area contributed by atoms with Gasteiger partial charge in [-0.05, 0) is 25.1 Å². The summed E-state index contributed by atoms with van der Waals surface area (Å²) in [4.78, 5) is 13.6. The summed E-state index contributed by atoms with van der Waals surface area (Å²) < 4.78 is 26.4. The second kappa shape index (κ2) is 5.91. The minimum absolute atomic E-state index is 0.0649. The molecule has 2 aromatic rings. The highest BCUT2D eigenvalue weighted by Gasteiger charge is 2.21. The van der Waals surface area contributed by atoms with E-state index < -0.39 is 23.6 Å². The van der Waals surface area contributed by atoms with Crippen LogP contribution in [0.5, 0.6) is 5.75 Å². The molecule has 2 rings (SSSR count). The van der Waals surface area contributed by atoms with Crippen LogP contribution >= 0.6 is 0 Å². The topological polar surface area (TPSA) is 40.5 Å². The van der Waals surface area contributed by atoms with Crippen LogP contribution in [0.25, 0.3) is 0 Å². The molecule has 1 unspecified atom stereocenters. The summed E-state index contributed by atoms with van der Waals surface area (Å²) in [6.45, 7) is 1.72. The van der Waals surface area contributed by atoms with Crippen LogP contribution in [0.1, 0.15) is 28.9 Å². The summed E-state index contributed by atoms with van der Waals surface area (Å²) in [6.07, 6.45) is 0. The standard InChI is InChI=1S/C16H15F2NO2/c1-10(14-5-3-4-6-15(14)20)19(2)16(21)11-7-12(17)9-13(18)8-11/h3-10,20H,1-2H3. The zero-order valence-corrected chi connectivity index (χ0v) is 11.7. The number of amides is 1. The number of hydrogen-bond acceptors (Lipinski definition) is 2. The molecule has 110 valence electrons. The molecule has 5 heteroatoms. The molecule has 0 bridgehead atoms. The highest BCUT2D eigenvalue weighted by Crippen LogP contribution is 2.28. The van der Waals surface area contributed by atoms with Crippen LogP contribution in [0.2, 0.25) is 0 Å². The second-order valence-electron chi connectivity index (χ2n) is 4.81. The fourth-order valence-electron chi connectivity index (χ4n) is 2.11. The fraction of sp³-hybridized carbons (Fsp3) is 0.188. The van der Waals surface area contributed by atoms with Gasteiger partial charge in [-0.25, -0.2) is 8.78 Å². The average molecular weight is 291 g/mol. The Labute approximate surface area is 121 Å². The van der Waals surface area contributed by atoms with E-state index in [9.17, 15) is 18.7 Å². The Morgan fingerprint density at radius 1 is 1.14 bits per heavy atom. The van der Waals surface area contributed by atoms with Crippen molar-refractivity contribution in [2.75, 3.05) is 7.05 Å². The lowest BCUT2D eigenvalue weighted by molar-refractivity contribution is 0.0740. The maximum Gasteiger partial charge on any atom is 0.254 e. The van der Waals surface area contributed by atoms with Crippen LogP contribution < -0.4 is 0 Å². The van der Waals surface area contributed by atoms with Crippen molar-refractivity contribution in [2.45, 2.75) is 13.0 Å². The van der Waals surface area contributed by atoms with Crippen LogP contribution in [0, 0.1) is 11.6 Å². The van der Waals surface area contributed by atoms with Crippen LogP contribution in [-0.4, -0.2) is 23.0 Å². The number of halogens is 2. The van der Waals surface area contributed by atoms with Crippen LogP contribution in [-0.2, 0) is 0 Å². The molecule has 3 nitrogen and oxygen atoms in total. The molecule has 2 aromatic carbocycles. The molecule has 1 N–H and O–H groups in total. The molecule has 0 saturated carbocycles. The lowest BCUT2D eigenvalue weighted by Gasteiger charge is -2.26. The molecular formula is C16H15F2NO2. The fourth-order valence-corrected chi connectivity index (χ4v) is 2.11. The largest absolute Gasteiger partial charge is 0.508 e. The summed E-state index contributed by atoms with van der Waals surface area (Å²) in [5, 5.41) is 9.81. The third-order valence-electron chi connectivity index (χ3n) is 3.40. The van der Waals surface area contributed by atoms with E-state index in [0.717, 1.165) is 12.1 Å². The van der Waals surface area contributed by atoms with Gasteiger partial charge < -0.3 is 10.0 Å². The van der Waals surface area contributed by atoms with Gasteiger partial charge in [0.2, 0.25) is 0 Å². The van der Waals surface area contributed by atoms with Crippen molar-refractivity contribution in [1.29, 1.82) is 0 Å². The molecular weight excluding hydrogens is 276 g/mol. The molecule has 0 radical (unpaired) electrons. The third-order valence-corrected chi connectivity index (χ3v) is 3.40. The summed E-state index contributed by atoms with van der Waals surface area (Å²) in [7, 11) is 1.52. The van der Waals surface area contributed by atoms with Crippen molar-refractivity contribution >= 4 is 5.91 Å². The number of nitrogens with zero attached hydrogens (tertiary/aromatic N) is 1.